The maximum absolute atomic E-state index is 12.3. The SMILES string of the molecule is CN(Cc1ccc(Cl)s1)C(=O)CN(C)C1CCCCC1O. The van der Waals surface area contributed by atoms with Gasteiger partial charge >= 0.3 is 0 Å². The van der Waals surface area contributed by atoms with Crippen LogP contribution in [0.2, 0.25) is 4.34 Å². The van der Waals surface area contributed by atoms with Crippen LogP contribution in [0.25, 0.3) is 0 Å². The molecule has 0 spiro atoms. The zero-order valence-corrected chi connectivity index (χ0v) is 14.2. The Labute approximate surface area is 135 Å². The molecular formula is C15H23ClN2O2S. The molecule has 118 valence electrons. The van der Waals surface area contributed by atoms with Crippen molar-refractivity contribution >= 4 is 28.8 Å². The van der Waals surface area contributed by atoms with Gasteiger partial charge in [0.1, 0.15) is 0 Å². The topological polar surface area (TPSA) is 43.8 Å². The molecule has 1 aliphatic carbocycles. The van der Waals surface area contributed by atoms with Crippen molar-refractivity contribution in [3.63, 3.8) is 0 Å². The third-order valence-corrected chi connectivity index (χ3v) is 5.31. The number of carbonyl (C=O) groups excluding carboxylic acids is 1. The van der Waals surface area contributed by atoms with Crippen molar-refractivity contribution in [2.45, 2.75) is 44.4 Å². The molecular weight excluding hydrogens is 308 g/mol. The minimum absolute atomic E-state index is 0.0693. The predicted octanol–water partition coefficient (Wildman–Crippen LogP) is 2.60. The number of halogens is 1. The van der Waals surface area contributed by atoms with E-state index < -0.39 is 0 Å². The largest absolute Gasteiger partial charge is 0.391 e. The molecule has 1 fully saturated rings. The summed E-state index contributed by atoms with van der Waals surface area (Å²) in [4.78, 5) is 17.1. The van der Waals surface area contributed by atoms with Crippen molar-refractivity contribution < 1.29 is 9.90 Å². The Morgan fingerprint density at radius 3 is 2.71 bits per heavy atom. The van der Waals surface area contributed by atoms with Crippen molar-refractivity contribution in [1.82, 2.24) is 9.80 Å². The fourth-order valence-electron chi connectivity index (χ4n) is 2.82. The van der Waals surface area contributed by atoms with Crippen LogP contribution in [0.3, 0.4) is 0 Å². The van der Waals surface area contributed by atoms with Crippen LogP contribution in [0.1, 0.15) is 30.6 Å². The van der Waals surface area contributed by atoms with Gasteiger partial charge in [0.05, 0.1) is 23.5 Å². The fraction of sp³-hybridized carbons (Fsp3) is 0.667. The third kappa shape index (κ3) is 4.68. The molecule has 1 aliphatic rings. The average Bonchev–Trinajstić information content (AvgIpc) is 2.84. The van der Waals surface area contributed by atoms with Gasteiger partial charge in [0, 0.05) is 18.0 Å². The lowest BCUT2D eigenvalue weighted by Crippen LogP contribution is -2.47. The van der Waals surface area contributed by atoms with Gasteiger partial charge in [0.25, 0.3) is 0 Å². The molecule has 4 nitrogen and oxygen atoms in total. The molecule has 1 saturated carbocycles. The molecule has 1 heterocycles. The second-order valence-corrected chi connectivity index (χ2v) is 7.59. The van der Waals surface area contributed by atoms with Crippen molar-refractivity contribution in [2.75, 3.05) is 20.6 Å². The summed E-state index contributed by atoms with van der Waals surface area (Å²) in [5, 5.41) is 10.0. The van der Waals surface area contributed by atoms with Gasteiger partial charge < -0.3 is 10.0 Å². The van der Waals surface area contributed by atoms with E-state index in [1.807, 2.05) is 24.1 Å². The Hall–Kier alpha value is -0.620. The van der Waals surface area contributed by atoms with E-state index >= 15 is 0 Å². The van der Waals surface area contributed by atoms with E-state index in [1.165, 1.54) is 11.3 Å². The lowest BCUT2D eigenvalue weighted by atomic mass is 9.91. The third-order valence-electron chi connectivity index (χ3n) is 4.09. The fourth-order valence-corrected chi connectivity index (χ4v) is 3.96. The molecule has 1 aromatic heterocycles. The van der Waals surface area contributed by atoms with E-state index in [4.69, 9.17) is 11.6 Å². The second kappa shape index (κ2) is 7.58. The summed E-state index contributed by atoms with van der Waals surface area (Å²) >= 11 is 7.40. The highest BCUT2D eigenvalue weighted by Crippen LogP contribution is 2.24. The molecule has 1 aromatic rings. The van der Waals surface area contributed by atoms with E-state index in [0.717, 1.165) is 34.9 Å². The van der Waals surface area contributed by atoms with Gasteiger partial charge in [0.2, 0.25) is 5.91 Å². The number of carbonyl (C=O) groups is 1. The number of nitrogens with zero attached hydrogens (tertiary/aromatic N) is 2. The molecule has 21 heavy (non-hydrogen) atoms. The summed E-state index contributed by atoms with van der Waals surface area (Å²) in [5.41, 5.74) is 0. The highest BCUT2D eigenvalue weighted by molar-refractivity contribution is 7.16. The zero-order valence-electron chi connectivity index (χ0n) is 12.6. The minimum Gasteiger partial charge on any atom is -0.391 e. The number of hydrogen-bond acceptors (Lipinski definition) is 4. The lowest BCUT2D eigenvalue weighted by molar-refractivity contribution is -0.132. The number of hydrogen-bond donors (Lipinski definition) is 1. The Morgan fingerprint density at radius 1 is 1.38 bits per heavy atom. The van der Waals surface area contributed by atoms with Crippen molar-refractivity contribution in [3.05, 3.63) is 21.3 Å². The first kappa shape index (κ1) is 16.7. The van der Waals surface area contributed by atoms with Crippen LogP contribution < -0.4 is 0 Å². The number of aliphatic hydroxyl groups is 1. The van der Waals surface area contributed by atoms with Crippen LogP contribution in [0.15, 0.2) is 12.1 Å². The number of rotatable bonds is 5. The summed E-state index contributed by atoms with van der Waals surface area (Å²) in [7, 11) is 3.73. The zero-order chi connectivity index (χ0) is 15.4. The maximum atomic E-state index is 12.3. The van der Waals surface area contributed by atoms with E-state index in [0.29, 0.717) is 13.1 Å². The van der Waals surface area contributed by atoms with Crippen LogP contribution in [-0.2, 0) is 11.3 Å². The number of likely N-dealkylation sites (N-methyl/N-ethyl adjacent to an activating group) is 2. The van der Waals surface area contributed by atoms with Crippen molar-refractivity contribution in [2.24, 2.45) is 0 Å². The Balaban J connectivity index is 1.84. The van der Waals surface area contributed by atoms with Gasteiger partial charge in [-0.1, -0.05) is 24.4 Å². The predicted molar refractivity (Wildman–Crippen MR) is 86.7 cm³/mol. The first-order valence-electron chi connectivity index (χ1n) is 7.34. The van der Waals surface area contributed by atoms with Gasteiger partial charge in [-0.05, 0) is 32.0 Å². The molecule has 2 unspecified atom stereocenters. The first-order valence-corrected chi connectivity index (χ1v) is 8.53. The number of thiophene rings is 1. The molecule has 2 rings (SSSR count). The lowest BCUT2D eigenvalue weighted by Gasteiger charge is -2.35. The maximum Gasteiger partial charge on any atom is 0.236 e. The van der Waals surface area contributed by atoms with Gasteiger partial charge in [-0.15, -0.1) is 11.3 Å². The Kier molecular flexibility index (Phi) is 6.05. The van der Waals surface area contributed by atoms with Crippen LogP contribution in [0.4, 0.5) is 0 Å². The van der Waals surface area contributed by atoms with Gasteiger partial charge in [-0.3, -0.25) is 9.69 Å². The van der Waals surface area contributed by atoms with E-state index in [-0.39, 0.29) is 18.1 Å². The Bertz CT molecular complexity index is 480. The second-order valence-electron chi connectivity index (χ2n) is 5.79. The highest BCUT2D eigenvalue weighted by Gasteiger charge is 2.28. The summed E-state index contributed by atoms with van der Waals surface area (Å²) < 4.78 is 0.744. The van der Waals surface area contributed by atoms with Crippen molar-refractivity contribution in [3.8, 4) is 0 Å². The summed E-state index contributed by atoms with van der Waals surface area (Å²) in [6.45, 7) is 0.925. The van der Waals surface area contributed by atoms with Gasteiger partial charge in [0.15, 0.2) is 0 Å². The molecule has 1 amide bonds. The summed E-state index contributed by atoms with van der Waals surface area (Å²) in [6, 6.07) is 3.91. The molecule has 1 N–H and O–H groups in total. The first-order chi connectivity index (χ1) is 9.97. The highest BCUT2D eigenvalue weighted by atomic mass is 35.5. The van der Waals surface area contributed by atoms with E-state index in [9.17, 15) is 9.90 Å². The Morgan fingerprint density at radius 2 is 2.10 bits per heavy atom. The molecule has 0 aliphatic heterocycles. The standard InChI is InChI=1S/C15H23ClN2O2S/c1-17(12-5-3-4-6-13(12)19)10-15(20)18(2)9-11-7-8-14(16)21-11/h7-8,12-13,19H,3-6,9-10H2,1-2H3. The number of amides is 1. The minimum atomic E-state index is -0.307. The van der Waals surface area contributed by atoms with Crippen LogP contribution in [0, 0.1) is 0 Å². The van der Waals surface area contributed by atoms with Crippen LogP contribution in [-0.4, -0.2) is 53.6 Å². The molecule has 0 aromatic carbocycles. The van der Waals surface area contributed by atoms with Crippen molar-refractivity contribution in [1.29, 1.82) is 0 Å². The monoisotopic (exact) mass is 330 g/mol. The quantitative estimate of drug-likeness (QED) is 0.902. The molecule has 0 saturated heterocycles. The van der Waals surface area contributed by atoms with E-state index in [1.54, 1.807) is 11.9 Å². The molecule has 2 atom stereocenters. The molecule has 0 bridgehead atoms. The normalized spacial score (nSPS) is 22.5. The average molecular weight is 331 g/mol. The number of aliphatic hydroxyl groups excluding tert-OH is 1. The smallest absolute Gasteiger partial charge is 0.236 e. The van der Waals surface area contributed by atoms with Crippen LogP contribution >= 0.6 is 22.9 Å². The van der Waals surface area contributed by atoms with E-state index in [2.05, 4.69) is 0 Å². The van der Waals surface area contributed by atoms with Crippen LogP contribution in [0.5, 0.6) is 0 Å². The molecule has 0 radical (unpaired) electrons. The van der Waals surface area contributed by atoms with Gasteiger partial charge in [-0.2, -0.15) is 0 Å². The van der Waals surface area contributed by atoms with Gasteiger partial charge in [-0.25, -0.2) is 0 Å². The summed E-state index contributed by atoms with van der Waals surface area (Å²) in [5.74, 6) is 0.0693. The summed E-state index contributed by atoms with van der Waals surface area (Å²) in [6.07, 6.45) is 3.71. The molecule has 6 heteroatoms.